The first kappa shape index (κ1) is 10.8. The second-order valence-electron chi connectivity index (χ2n) is 2.97. The first-order chi connectivity index (χ1) is 6.38. The van der Waals surface area contributed by atoms with Crippen LogP contribution in [0.1, 0.15) is 0 Å². The molecule has 0 bridgehead atoms. The molecule has 0 fully saturated rings. The molecule has 0 saturated carbocycles. The van der Waals surface area contributed by atoms with Crippen LogP contribution in [-0.2, 0) is 9.84 Å². The Bertz CT molecular complexity index is 399. The lowest BCUT2D eigenvalue weighted by atomic mass is 10.6. The van der Waals surface area contributed by atoms with Crippen molar-refractivity contribution >= 4 is 21.9 Å². The molecular formula is C6H12N4O3S. The zero-order chi connectivity index (χ0) is 10.8. The molecule has 1 rings (SSSR count). The first-order valence-electron chi connectivity index (χ1n) is 3.86. The Morgan fingerprint density at radius 1 is 1.50 bits per heavy atom. The van der Waals surface area contributed by atoms with E-state index in [1.54, 1.807) is 7.05 Å². The van der Waals surface area contributed by atoms with Crippen molar-refractivity contribution in [2.75, 3.05) is 36.2 Å². The SMILES string of the molecule is CN(CCS(C)(=O)=O)c1nnc(N)o1. The Balaban J connectivity index is 2.55. The number of hydrogen-bond donors (Lipinski definition) is 1. The number of aromatic nitrogens is 2. The molecule has 2 N–H and O–H groups in total. The van der Waals surface area contributed by atoms with Gasteiger partial charge in [-0.1, -0.05) is 10.2 Å². The summed E-state index contributed by atoms with van der Waals surface area (Å²) in [4.78, 5) is 1.53. The Kier molecular flexibility index (Phi) is 2.94. The van der Waals surface area contributed by atoms with E-state index in [-0.39, 0.29) is 17.8 Å². The van der Waals surface area contributed by atoms with Crippen LogP contribution in [0.15, 0.2) is 4.42 Å². The van der Waals surface area contributed by atoms with Crippen LogP contribution >= 0.6 is 0 Å². The summed E-state index contributed by atoms with van der Waals surface area (Å²) in [6.45, 7) is 0.292. The zero-order valence-corrected chi connectivity index (χ0v) is 8.78. The van der Waals surface area contributed by atoms with E-state index in [4.69, 9.17) is 10.2 Å². The van der Waals surface area contributed by atoms with E-state index in [0.29, 0.717) is 6.54 Å². The third kappa shape index (κ3) is 3.21. The van der Waals surface area contributed by atoms with Gasteiger partial charge in [0.1, 0.15) is 9.84 Å². The molecule has 8 heteroatoms. The van der Waals surface area contributed by atoms with Gasteiger partial charge in [0, 0.05) is 19.8 Å². The number of anilines is 2. The number of nitrogen functional groups attached to an aromatic ring is 1. The number of rotatable bonds is 4. The molecule has 0 saturated heterocycles. The van der Waals surface area contributed by atoms with Crippen molar-refractivity contribution in [3.05, 3.63) is 0 Å². The molecule has 0 amide bonds. The van der Waals surface area contributed by atoms with E-state index in [0.717, 1.165) is 0 Å². The fourth-order valence-corrected chi connectivity index (χ4v) is 1.38. The van der Waals surface area contributed by atoms with Crippen LogP contribution in [0, 0.1) is 0 Å². The summed E-state index contributed by atoms with van der Waals surface area (Å²) in [5.41, 5.74) is 5.21. The summed E-state index contributed by atoms with van der Waals surface area (Å²) in [6, 6.07) is 0.178. The Morgan fingerprint density at radius 2 is 2.14 bits per heavy atom. The normalized spacial score (nSPS) is 11.6. The molecule has 7 nitrogen and oxygen atoms in total. The molecule has 0 aliphatic rings. The number of nitrogens with two attached hydrogens (primary N) is 1. The molecule has 0 aromatic carbocycles. The lowest BCUT2D eigenvalue weighted by molar-refractivity contribution is 0.562. The number of sulfone groups is 1. The summed E-state index contributed by atoms with van der Waals surface area (Å²) in [5.74, 6) is 0.0335. The second kappa shape index (κ2) is 3.82. The minimum Gasteiger partial charge on any atom is -0.390 e. The molecule has 0 radical (unpaired) electrons. The number of hydrogen-bond acceptors (Lipinski definition) is 7. The summed E-state index contributed by atoms with van der Waals surface area (Å²) in [5, 5.41) is 7.06. The van der Waals surface area contributed by atoms with Crippen molar-refractivity contribution in [3.8, 4) is 0 Å². The fraction of sp³-hybridized carbons (Fsp3) is 0.667. The van der Waals surface area contributed by atoms with E-state index in [1.165, 1.54) is 11.2 Å². The summed E-state index contributed by atoms with van der Waals surface area (Å²) in [6.07, 6.45) is 1.17. The van der Waals surface area contributed by atoms with Gasteiger partial charge in [-0.05, 0) is 0 Å². The standard InChI is InChI=1S/C6H12N4O3S/c1-10(3-4-14(2,11)12)6-9-8-5(7)13-6/h3-4H2,1-2H3,(H2,7,8). The Morgan fingerprint density at radius 3 is 2.57 bits per heavy atom. The largest absolute Gasteiger partial charge is 0.390 e. The van der Waals surface area contributed by atoms with Crippen LogP contribution in [0.2, 0.25) is 0 Å². The monoisotopic (exact) mass is 220 g/mol. The van der Waals surface area contributed by atoms with E-state index in [2.05, 4.69) is 10.2 Å². The van der Waals surface area contributed by atoms with Crippen LogP contribution in [0.25, 0.3) is 0 Å². The maximum Gasteiger partial charge on any atom is 0.319 e. The topological polar surface area (TPSA) is 102 Å². The highest BCUT2D eigenvalue weighted by Crippen LogP contribution is 2.10. The quantitative estimate of drug-likeness (QED) is 0.703. The highest BCUT2D eigenvalue weighted by atomic mass is 32.2. The summed E-state index contributed by atoms with van der Waals surface area (Å²) in [7, 11) is -1.33. The second-order valence-corrected chi connectivity index (χ2v) is 5.23. The van der Waals surface area contributed by atoms with Crippen LogP contribution in [0.3, 0.4) is 0 Å². The van der Waals surface area contributed by atoms with E-state index in [1.807, 2.05) is 0 Å². The van der Waals surface area contributed by atoms with Crippen molar-refractivity contribution in [1.29, 1.82) is 0 Å². The molecule has 0 aliphatic heterocycles. The molecule has 1 aromatic rings. The molecule has 0 unspecified atom stereocenters. The van der Waals surface area contributed by atoms with E-state index < -0.39 is 9.84 Å². The zero-order valence-electron chi connectivity index (χ0n) is 7.97. The minimum atomic E-state index is -2.98. The lowest BCUT2D eigenvalue weighted by Gasteiger charge is -2.11. The third-order valence-corrected chi connectivity index (χ3v) is 2.48. The molecule has 1 heterocycles. The molecule has 0 atom stereocenters. The van der Waals surface area contributed by atoms with Crippen molar-refractivity contribution in [1.82, 2.24) is 10.2 Å². The van der Waals surface area contributed by atoms with Gasteiger partial charge < -0.3 is 15.1 Å². The first-order valence-corrected chi connectivity index (χ1v) is 5.92. The minimum absolute atomic E-state index is 0.0335. The molecular weight excluding hydrogens is 208 g/mol. The maximum absolute atomic E-state index is 10.9. The van der Waals surface area contributed by atoms with Crippen molar-refractivity contribution in [3.63, 3.8) is 0 Å². The summed E-state index contributed by atoms with van der Waals surface area (Å²) >= 11 is 0. The molecule has 14 heavy (non-hydrogen) atoms. The molecule has 0 spiro atoms. The van der Waals surface area contributed by atoms with Crippen molar-refractivity contribution < 1.29 is 12.8 Å². The van der Waals surface area contributed by atoms with Gasteiger partial charge in [-0.15, -0.1) is 0 Å². The lowest BCUT2D eigenvalue weighted by Crippen LogP contribution is -2.25. The smallest absolute Gasteiger partial charge is 0.319 e. The highest BCUT2D eigenvalue weighted by molar-refractivity contribution is 7.90. The van der Waals surface area contributed by atoms with Gasteiger partial charge >= 0.3 is 12.0 Å². The van der Waals surface area contributed by atoms with Gasteiger partial charge in [0.05, 0.1) is 5.75 Å². The van der Waals surface area contributed by atoms with Crippen molar-refractivity contribution in [2.45, 2.75) is 0 Å². The third-order valence-electron chi connectivity index (χ3n) is 1.55. The maximum atomic E-state index is 10.9. The average molecular weight is 220 g/mol. The highest BCUT2D eigenvalue weighted by Gasteiger charge is 2.11. The van der Waals surface area contributed by atoms with Gasteiger partial charge in [0.25, 0.3) is 0 Å². The Labute approximate surface area is 81.8 Å². The van der Waals surface area contributed by atoms with Gasteiger partial charge in [-0.3, -0.25) is 0 Å². The van der Waals surface area contributed by atoms with E-state index >= 15 is 0 Å². The van der Waals surface area contributed by atoms with Gasteiger partial charge in [0.2, 0.25) is 0 Å². The van der Waals surface area contributed by atoms with Crippen LogP contribution in [0.4, 0.5) is 12.0 Å². The van der Waals surface area contributed by atoms with Gasteiger partial charge in [0.15, 0.2) is 0 Å². The van der Waals surface area contributed by atoms with Gasteiger partial charge in [-0.2, -0.15) is 0 Å². The fourth-order valence-electron chi connectivity index (χ4n) is 0.779. The van der Waals surface area contributed by atoms with Crippen LogP contribution < -0.4 is 10.6 Å². The summed E-state index contributed by atoms with van der Waals surface area (Å²) < 4.78 is 26.6. The average Bonchev–Trinajstić information content (AvgIpc) is 2.46. The van der Waals surface area contributed by atoms with Crippen LogP contribution in [0.5, 0.6) is 0 Å². The molecule has 1 aromatic heterocycles. The van der Waals surface area contributed by atoms with Crippen molar-refractivity contribution in [2.24, 2.45) is 0 Å². The predicted octanol–water partition coefficient (Wildman–Crippen LogP) is -0.867. The van der Waals surface area contributed by atoms with Crippen LogP contribution in [-0.4, -0.2) is 44.2 Å². The predicted molar refractivity (Wildman–Crippen MR) is 51.7 cm³/mol. The molecule has 0 aliphatic carbocycles. The van der Waals surface area contributed by atoms with Gasteiger partial charge in [-0.25, -0.2) is 8.42 Å². The molecule has 80 valence electrons. The van der Waals surface area contributed by atoms with E-state index in [9.17, 15) is 8.42 Å². The number of nitrogens with zero attached hydrogens (tertiary/aromatic N) is 3. The Hall–Kier alpha value is -1.31.